The molecule has 0 radical (unpaired) electrons. The third-order valence-corrected chi connectivity index (χ3v) is 2.52. The molecule has 2 heteroatoms. The highest BCUT2D eigenvalue weighted by Gasteiger charge is 2.18. The Morgan fingerprint density at radius 3 is 1.87 bits per heavy atom. The van der Waals surface area contributed by atoms with E-state index in [1.807, 2.05) is 13.8 Å². The van der Waals surface area contributed by atoms with Crippen LogP contribution in [-0.2, 0) is 5.41 Å². The number of aryl methyl sites for hydroxylation is 1. The largest absolute Gasteiger partial charge is 0.155 e. The molecule has 0 aliphatic rings. The van der Waals surface area contributed by atoms with E-state index in [1.54, 1.807) is 0 Å². The Balaban J connectivity index is 3.75. The van der Waals surface area contributed by atoms with Gasteiger partial charge in [0.1, 0.15) is 0 Å². The van der Waals surface area contributed by atoms with Crippen LogP contribution in [-0.4, -0.2) is 10.2 Å². The van der Waals surface area contributed by atoms with E-state index in [2.05, 4.69) is 50.0 Å². The third kappa shape index (κ3) is 2.25. The van der Waals surface area contributed by atoms with Crippen molar-refractivity contribution < 1.29 is 0 Å². The number of rotatable bonds is 0. The fraction of sp³-hybridized carbons (Fsp3) is 0.538. The lowest BCUT2D eigenvalue weighted by Gasteiger charge is -2.18. The van der Waals surface area contributed by atoms with Gasteiger partial charge in [0.2, 0.25) is 0 Å². The molecule has 0 atom stereocenters. The van der Waals surface area contributed by atoms with E-state index in [9.17, 15) is 0 Å². The van der Waals surface area contributed by atoms with Gasteiger partial charge in [0.25, 0.3) is 0 Å². The second kappa shape index (κ2) is 4.13. The van der Waals surface area contributed by atoms with Gasteiger partial charge >= 0.3 is 0 Å². The van der Waals surface area contributed by atoms with Gasteiger partial charge in [-0.2, -0.15) is 10.2 Å². The van der Waals surface area contributed by atoms with E-state index in [-0.39, 0.29) is 5.41 Å². The van der Waals surface area contributed by atoms with E-state index in [0.717, 1.165) is 11.4 Å². The second-order valence-corrected chi connectivity index (χ2v) is 4.79. The van der Waals surface area contributed by atoms with Gasteiger partial charge in [0.05, 0.1) is 11.4 Å². The molecule has 0 aromatic carbocycles. The maximum absolute atomic E-state index is 4.33. The average Bonchev–Trinajstić information content (AvgIpc) is 2.15. The first-order valence-corrected chi connectivity index (χ1v) is 5.38. The number of hydrogen-bond donors (Lipinski definition) is 0. The molecule has 1 rings (SSSR count). The fourth-order valence-corrected chi connectivity index (χ4v) is 1.77. The van der Waals surface area contributed by atoms with Crippen LogP contribution in [0.1, 0.15) is 46.0 Å². The zero-order valence-electron chi connectivity index (χ0n) is 10.5. The molecule has 1 aromatic heterocycles. The van der Waals surface area contributed by atoms with Gasteiger partial charge in [-0.1, -0.05) is 32.9 Å². The van der Waals surface area contributed by atoms with Crippen molar-refractivity contribution in [3.05, 3.63) is 21.8 Å². The molecule has 2 nitrogen and oxygen atoms in total. The van der Waals surface area contributed by atoms with Gasteiger partial charge in [-0.3, -0.25) is 0 Å². The van der Waals surface area contributed by atoms with Gasteiger partial charge in [-0.25, -0.2) is 0 Å². The minimum absolute atomic E-state index is 0.0420. The zero-order chi connectivity index (χ0) is 11.6. The monoisotopic (exact) mass is 204 g/mol. The summed E-state index contributed by atoms with van der Waals surface area (Å²) in [5, 5.41) is 11.0. The van der Waals surface area contributed by atoms with Crippen LogP contribution in [0.2, 0.25) is 0 Å². The van der Waals surface area contributed by atoms with Crippen molar-refractivity contribution >= 4 is 12.2 Å². The normalized spacial score (nSPS) is 14.8. The zero-order valence-corrected chi connectivity index (χ0v) is 10.5. The van der Waals surface area contributed by atoms with Crippen molar-refractivity contribution in [3.63, 3.8) is 0 Å². The molecule has 15 heavy (non-hydrogen) atoms. The standard InChI is InChI=1S/C13H20N2/c1-7-10-9(3)14-15-12(11(10)8-2)13(4,5)6/h7-8H,1-6H3/b10-7-,11-8+. The molecule has 1 heterocycles. The predicted octanol–water partition coefficient (Wildman–Crippen LogP) is 1.68. The maximum Gasteiger partial charge on any atom is 0.0759 e. The highest BCUT2D eigenvalue weighted by molar-refractivity contribution is 5.34. The highest BCUT2D eigenvalue weighted by Crippen LogP contribution is 2.14. The van der Waals surface area contributed by atoms with Gasteiger partial charge in [0.15, 0.2) is 0 Å². The van der Waals surface area contributed by atoms with Crippen LogP contribution in [0.4, 0.5) is 0 Å². The van der Waals surface area contributed by atoms with Gasteiger partial charge in [0, 0.05) is 15.9 Å². The van der Waals surface area contributed by atoms with Crippen LogP contribution in [0.5, 0.6) is 0 Å². The Morgan fingerprint density at radius 1 is 0.933 bits per heavy atom. The number of aromatic nitrogens is 2. The lowest BCUT2D eigenvalue weighted by molar-refractivity contribution is 0.550. The Hall–Kier alpha value is -1.18. The smallest absolute Gasteiger partial charge is 0.0759 e. The quantitative estimate of drug-likeness (QED) is 0.642. The Kier molecular flexibility index (Phi) is 3.28. The lowest BCUT2D eigenvalue weighted by Crippen LogP contribution is -2.38. The molecule has 0 N–H and O–H groups in total. The van der Waals surface area contributed by atoms with Crippen LogP contribution >= 0.6 is 0 Å². The molecule has 0 fully saturated rings. The number of nitrogens with zero attached hydrogens (tertiary/aromatic N) is 2. The Labute approximate surface area is 91.7 Å². The molecule has 0 aliphatic heterocycles. The maximum atomic E-state index is 4.33. The summed E-state index contributed by atoms with van der Waals surface area (Å²) in [6, 6.07) is 0. The average molecular weight is 204 g/mol. The van der Waals surface area contributed by atoms with Gasteiger partial charge < -0.3 is 0 Å². The summed E-state index contributed by atoms with van der Waals surface area (Å²) in [7, 11) is 0. The highest BCUT2D eigenvalue weighted by atomic mass is 15.1. The third-order valence-electron chi connectivity index (χ3n) is 2.52. The first kappa shape index (κ1) is 11.9. The van der Waals surface area contributed by atoms with Crippen LogP contribution < -0.4 is 10.4 Å². The van der Waals surface area contributed by atoms with Gasteiger partial charge in [-0.15, -0.1) is 0 Å². The summed E-state index contributed by atoms with van der Waals surface area (Å²) in [6.45, 7) is 12.6. The summed E-state index contributed by atoms with van der Waals surface area (Å²) in [4.78, 5) is 0. The van der Waals surface area contributed by atoms with E-state index in [0.29, 0.717) is 0 Å². The SMILES string of the molecule is C/C=c1/c(C)nnc(C(C)(C)C)/c1=C/C. The van der Waals surface area contributed by atoms with E-state index >= 15 is 0 Å². The topological polar surface area (TPSA) is 25.8 Å². The fourth-order valence-electron chi connectivity index (χ4n) is 1.77. The predicted molar refractivity (Wildman–Crippen MR) is 65.0 cm³/mol. The molecular weight excluding hydrogens is 184 g/mol. The van der Waals surface area contributed by atoms with Crippen molar-refractivity contribution in [1.82, 2.24) is 10.2 Å². The molecule has 0 bridgehead atoms. The van der Waals surface area contributed by atoms with Crippen LogP contribution in [0.3, 0.4) is 0 Å². The van der Waals surface area contributed by atoms with Gasteiger partial charge in [-0.05, 0) is 20.8 Å². The summed E-state index contributed by atoms with van der Waals surface area (Å²) < 4.78 is 0. The lowest BCUT2D eigenvalue weighted by atomic mass is 9.90. The first-order valence-electron chi connectivity index (χ1n) is 5.38. The van der Waals surface area contributed by atoms with E-state index < -0.39 is 0 Å². The first-order chi connectivity index (χ1) is 6.91. The summed E-state index contributed by atoms with van der Waals surface area (Å²) in [5.74, 6) is 0. The van der Waals surface area contributed by atoms with Crippen LogP contribution in [0.25, 0.3) is 12.2 Å². The summed E-state index contributed by atoms with van der Waals surface area (Å²) in [5.41, 5.74) is 2.11. The van der Waals surface area contributed by atoms with Crippen molar-refractivity contribution in [2.45, 2.75) is 47.0 Å². The molecule has 0 spiro atoms. The summed E-state index contributed by atoms with van der Waals surface area (Å²) >= 11 is 0. The minimum atomic E-state index is 0.0420. The molecule has 0 amide bonds. The van der Waals surface area contributed by atoms with Crippen LogP contribution in [0.15, 0.2) is 0 Å². The Bertz CT molecular complexity index is 465. The van der Waals surface area contributed by atoms with E-state index in [4.69, 9.17) is 0 Å². The van der Waals surface area contributed by atoms with Crippen LogP contribution in [0, 0.1) is 6.92 Å². The molecular formula is C13H20N2. The molecule has 1 aromatic rings. The van der Waals surface area contributed by atoms with Crippen molar-refractivity contribution in [3.8, 4) is 0 Å². The van der Waals surface area contributed by atoms with E-state index in [1.165, 1.54) is 10.4 Å². The second-order valence-electron chi connectivity index (χ2n) is 4.79. The summed E-state index contributed by atoms with van der Waals surface area (Å²) in [6.07, 6.45) is 4.23. The molecule has 0 aliphatic carbocycles. The number of hydrogen-bond acceptors (Lipinski definition) is 2. The molecule has 82 valence electrons. The molecule has 0 saturated heterocycles. The molecule has 0 unspecified atom stereocenters. The van der Waals surface area contributed by atoms with Crippen molar-refractivity contribution in [2.75, 3.05) is 0 Å². The Morgan fingerprint density at radius 2 is 1.47 bits per heavy atom. The minimum Gasteiger partial charge on any atom is -0.155 e. The van der Waals surface area contributed by atoms with Crippen molar-refractivity contribution in [2.24, 2.45) is 0 Å². The molecule has 0 saturated carbocycles. The van der Waals surface area contributed by atoms with Crippen molar-refractivity contribution in [1.29, 1.82) is 0 Å².